The summed E-state index contributed by atoms with van der Waals surface area (Å²) < 4.78 is 11.7. The van der Waals surface area contributed by atoms with E-state index in [-0.39, 0.29) is 30.1 Å². The van der Waals surface area contributed by atoms with E-state index in [2.05, 4.69) is 0 Å². The van der Waals surface area contributed by atoms with Gasteiger partial charge in [-0.15, -0.1) is 0 Å². The topological polar surface area (TPSA) is 64.8 Å². The second-order valence-corrected chi connectivity index (χ2v) is 7.05. The lowest BCUT2D eigenvalue weighted by atomic mass is 10.00. The third-order valence-corrected chi connectivity index (χ3v) is 5.43. The number of rotatable bonds is 4. The Morgan fingerprint density at radius 1 is 1.09 bits per heavy atom. The van der Waals surface area contributed by atoms with E-state index in [1.165, 1.54) is 12.8 Å². The first-order valence-corrected chi connectivity index (χ1v) is 9.01. The predicted molar refractivity (Wildman–Crippen MR) is 84.5 cm³/mol. The Kier molecular flexibility index (Phi) is 5.71. The summed E-state index contributed by atoms with van der Waals surface area (Å²) in [7, 11) is 0. The Morgan fingerprint density at radius 2 is 1.91 bits per heavy atom. The van der Waals surface area contributed by atoms with E-state index in [0.717, 1.165) is 58.2 Å². The molecule has 22 heavy (non-hydrogen) atoms. The predicted octanol–water partition coefficient (Wildman–Crippen LogP) is 1.69. The van der Waals surface area contributed by atoms with Crippen molar-refractivity contribution in [3.63, 3.8) is 0 Å². The lowest BCUT2D eigenvalue weighted by Crippen LogP contribution is -2.46. The van der Waals surface area contributed by atoms with Crippen LogP contribution in [0.3, 0.4) is 0 Å². The summed E-state index contributed by atoms with van der Waals surface area (Å²) in [5.41, 5.74) is 6.06. The van der Waals surface area contributed by atoms with Crippen molar-refractivity contribution in [2.75, 3.05) is 26.3 Å². The average molecular weight is 310 g/mol. The van der Waals surface area contributed by atoms with Crippen LogP contribution in [0.15, 0.2) is 0 Å². The van der Waals surface area contributed by atoms with Crippen LogP contribution in [0.2, 0.25) is 0 Å². The maximum atomic E-state index is 12.5. The highest BCUT2D eigenvalue weighted by Crippen LogP contribution is 2.27. The summed E-state index contributed by atoms with van der Waals surface area (Å²) in [5.74, 6) is 0.340. The molecule has 0 radical (unpaired) electrons. The largest absolute Gasteiger partial charge is 0.376 e. The van der Waals surface area contributed by atoms with Crippen LogP contribution >= 0.6 is 0 Å². The summed E-state index contributed by atoms with van der Waals surface area (Å²) in [5, 5.41) is 0. The Morgan fingerprint density at radius 3 is 2.55 bits per heavy atom. The van der Waals surface area contributed by atoms with Crippen molar-refractivity contribution in [2.45, 2.75) is 69.6 Å². The molecule has 3 atom stereocenters. The lowest BCUT2D eigenvalue weighted by Gasteiger charge is -2.35. The maximum Gasteiger partial charge on any atom is 0.227 e. The maximum absolute atomic E-state index is 12.5. The van der Waals surface area contributed by atoms with Crippen LogP contribution in [0, 0.1) is 5.92 Å². The number of amides is 1. The SMILES string of the molecule is N[C@@H]1CCC[C@H]1C(=O)N1CCC(OC[C@H]2CCCCO2)CC1. The number of carbonyl (C=O) groups excluding carboxylic acids is 1. The molecule has 1 amide bonds. The van der Waals surface area contributed by atoms with Crippen LogP contribution in [-0.2, 0) is 14.3 Å². The zero-order valence-electron chi connectivity index (χ0n) is 13.5. The molecule has 1 saturated carbocycles. The van der Waals surface area contributed by atoms with Gasteiger partial charge in [-0.3, -0.25) is 4.79 Å². The second kappa shape index (κ2) is 7.75. The number of hydrogen-bond acceptors (Lipinski definition) is 4. The molecule has 2 saturated heterocycles. The molecule has 3 fully saturated rings. The summed E-state index contributed by atoms with van der Waals surface area (Å²) >= 11 is 0. The normalized spacial score (nSPS) is 34.0. The van der Waals surface area contributed by atoms with Crippen molar-refractivity contribution in [2.24, 2.45) is 11.7 Å². The smallest absolute Gasteiger partial charge is 0.227 e. The van der Waals surface area contributed by atoms with Crippen molar-refractivity contribution in [1.82, 2.24) is 4.90 Å². The Labute approximate surface area is 133 Å². The van der Waals surface area contributed by atoms with Crippen LogP contribution in [0.25, 0.3) is 0 Å². The quantitative estimate of drug-likeness (QED) is 0.858. The molecule has 5 nitrogen and oxygen atoms in total. The highest BCUT2D eigenvalue weighted by Gasteiger charge is 2.35. The van der Waals surface area contributed by atoms with Crippen molar-refractivity contribution in [3.05, 3.63) is 0 Å². The van der Waals surface area contributed by atoms with E-state index in [1.54, 1.807) is 0 Å². The highest BCUT2D eigenvalue weighted by atomic mass is 16.5. The second-order valence-electron chi connectivity index (χ2n) is 7.05. The zero-order chi connectivity index (χ0) is 15.4. The number of nitrogens with zero attached hydrogens (tertiary/aromatic N) is 1. The van der Waals surface area contributed by atoms with Gasteiger partial charge in [-0.1, -0.05) is 6.42 Å². The first kappa shape index (κ1) is 16.2. The third kappa shape index (κ3) is 4.00. The van der Waals surface area contributed by atoms with Gasteiger partial charge in [0.1, 0.15) is 0 Å². The van der Waals surface area contributed by atoms with Crippen molar-refractivity contribution in [1.29, 1.82) is 0 Å². The van der Waals surface area contributed by atoms with Gasteiger partial charge in [0, 0.05) is 25.7 Å². The van der Waals surface area contributed by atoms with Crippen LogP contribution < -0.4 is 5.73 Å². The Bertz CT molecular complexity index is 363. The van der Waals surface area contributed by atoms with E-state index >= 15 is 0 Å². The molecular weight excluding hydrogens is 280 g/mol. The van der Waals surface area contributed by atoms with E-state index in [4.69, 9.17) is 15.2 Å². The fraction of sp³-hybridized carbons (Fsp3) is 0.941. The van der Waals surface area contributed by atoms with E-state index in [1.807, 2.05) is 4.90 Å². The molecule has 0 unspecified atom stereocenters. The van der Waals surface area contributed by atoms with Gasteiger partial charge in [0.2, 0.25) is 5.91 Å². The number of piperidine rings is 1. The molecule has 5 heteroatoms. The van der Waals surface area contributed by atoms with Gasteiger partial charge in [-0.2, -0.15) is 0 Å². The lowest BCUT2D eigenvalue weighted by molar-refractivity contribution is -0.139. The number of carbonyl (C=O) groups is 1. The highest BCUT2D eigenvalue weighted by molar-refractivity contribution is 5.80. The van der Waals surface area contributed by atoms with Gasteiger partial charge in [-0.05, 0) is 44.9 Å². The molecule has 2 aliphatic heterocycles. The van der Waals surface area contributed by atoms with Crippen LogP contribution in [0.5, 0.6) is 0 Å². The standard InChI is InChI=1S/C17H30N2O3/c18-16-6-3-5-15(16)17(20)19-9-7-13(8-10-19)22-12-14-4-1-2-11-21-14/h13-16H,1-12,18H2/t14-,15-,16-/m1/s1. The fourth-order valence-corrected chi connectivity index (χ4v) is 3.95. The van der Waals surface area contributed by atoms with Gasteiger partial charge in [0.25, 0.3) is 0 Å². The minimum absolute atomic E-state index is 0.0631. The summed E-state index contributed by atoms with van der Waals surface area (Å²) in [6.07, 6.45) is 9.07. The van der Waals surface area contributed by atoms with Crippen LogP contribution in [0.4, 0.5) is 0 Å². The monoisotopic (exact) mass is 310 g/mol. The molecule has 3 aliphatic rings. The molecule has 0 aromatic rings. The van der Waals surface area contributed by atoms with Crippen molar-refractivity contribution >= 4 is 5.91 Å². The van der Waals surface area contributed by atoms with Gasteiger partial charge in [0.05, 0.1) is 24.7 Å². The molecule has 2 N–H and O–H groups in total. The van der Waals surface area contributed by atoms with Gasteiger partial charge < -0.3 is 20.1 Å². The van der Waals surface area contributed by atoms with Gasteiger partial charge in [0.15, 0.2) is 0 Å². The van der Waals surface area contributed by atoms with Crippen LogP contribution in [0.1, 0.15) is 51.4 Å². The third-order valence-electron chi connectivity index (χ3n) is 5.43. The molecule has 1 aliphatic carbocycles. The molecule has 0 aromatic heterocycles. The summed E-state index contributed by atoms with van der Waals surface area (Å²) in [6, 6.07) is 0.0740. The molecule has 0 bridgehead atoms. The Balaban J connectivity index is 1.37. The number of hydrogen-bond donors (Lipinski definition) is 1. The van der Waals surface area contributed by atoms with E-state index < -0.39 is 0 Å². The number of likely N-dealkylation sites (tertiary alicyclic amines) is 1. The molecule has 2 heterocycles. The fourth-order valence-electron chi connectivity index (χ4n) is 3.95. The van der Waals surface area contributed by atoms with E-state index in [9.17, 15) is 4.79 Å². The number of nitrogens with two attached hydrogens (primary N) is 1. The molecule has 0 aromatic carbocycles. The van der Waals surface area contributed by atoms with Gasteiger partial charge in [-0.25, -0.2) is 0 Å². The molecular formula is C17H30N2O3. The molecule has 3 rings (SSSR count). The van der Waals surface area contributed by atoms with Crippen molar-refractivity contribution < 1.29 is 14.3 Å². The minimum atomic E-state index is 0.0631. The molecule has 126 valence electrons. The minimum Gasteiger partial charge on any atom is -0.376 e. The summed E-state index contributed by atoms with van der Waals surface area (Å²) in [6.45, 7) is 3.23. The first-order chi connectivity index (χ1) is 10.7. The van der Waals surface area contributed by atoms with E-state index in [0.29, 0.717) is 6.61 Å². The zero-order valence-corrected chi connectivity index (χ0v) is 13.5. The molecule has 0 spiro atoms. The number of ether oxygens (including phenoxy) is 2. The first-order valence-electron chi connectivity index (χ1n) is 9.01. The van der Waals surface area contributed by atoms with Crippen molar-refractivity contribution in [3.8, 4) is 0 Å². The average Bonchev–Trinajstić information content (AvgIpc) is 3.00. The Hall–Kier alpha value is -0.650. The summed E-state index contributed by atoms with van der Waals surface area (Å²) in [4.78, 5) is 14.5. The van der Waals surface area contributed by atoms with Gasteiger partial charge >= 0.3 is 0 Å². The van der Waals surface area contributed by atoms with Crippen LogP contribution in [-0.4, -0.2) is 55.4 Å².